The zero-order valence-electron chi connectivity index (χ0n) is 11.5. The van der Waals surface area contributed by atoms with Crippen LogP contribution in [0.3, 0.4) is 0 Å². The van der Waals surface area contributed by atoms with Crippen LogP contribution in [0.25, 0.3) is 0 Å². The van der Waals surface area contributed by atoms with E-state index < -0.39 is 0 Å². The maximum absolute atomic E-state index is 12.0. The molecule has 1 saturated heterocycles. The Labute approximate surface area is 125 Å². The number of likely N-dealkylation sites (tertiary alicyclic amines) is 1. The molecule has 1 aromatic heterocycles. The zero-order chi connectivity index (χ0) is 14.4. The molecule has 0 spiro atoms. The van der Waals surface area contributed by atoms with Gasteiger partial charge in [0, 0.05) is 36.4 Å². The molecule has 2 atom stereocenters. The number of amides is 1. The Morgan fingerprint density at radius 2 is 2.20 bits per heavy atom. The van der Waals surface area contributed by atoms with E-state index in [1.54, 1.807) is 11.0 Å². The van der Waals surface area contributed by atoms with Gasteiger partial charge in [0.05, 0.1) is 0 Å². The van der Waals surface area contributed by atoms with E-state index >= 15 is 0 Å². The zero-order valence-corrected chi connectivity index (χ0v) is 12.4. The van der Waals surface area contributed by atoms with E-state index in [2.05, 4.69) is 23.8 Å². The number of thiol groups is 1. The quantitative estimate of drug-likeness (QED) is 0.512. The molecule has 1 aromatic rings. The van der Waals surface area contributed by atoms with Crippen LogP contribution in [0.2, 0.25) is 0 Å². The summed E-state index contributed by atoms with van der Waals surface area (Å²) in [6.07, 6.45) is 7.22. The number of hydrogen-bond acceptors (Lipinski definition) is 3. The van der Waals surface area contributed by atoms with E-state index in [9.17, 15) is 4.79 Å². The molecular weight excluding hydrogens is 272 g/mol. The number of aromatic nitrogens is 1. The monoisotopic (exact) mass is 293 g/mol. The molecule has 0 unspecified atom stereocenters. The van der Waals surface area contributed by atoms with Crippen LogP contribution in [0.15, 0.2) is 43.2 Å². The molecule has 108 valence electrons. The molecule has 4 nitrogen and oxygen atoms in total. The van der Waals surface area contributed by atoms with Gasteiger partial charge in [-0.1, -0.05) is 18.7 Å². The Morgan fingerprint density at radius 1 is 1.45 bits per heavy atom. The molecular formula is C15H21N2O2S+. The molecule has 0 saturated carbocycles. The van der Waals surface area contributed by atoms with Gasteiger partial charge in [-0.15, -0.1) is 0 Å². The number of hydrogen-bond donors (Lipinski definition) is 1. The lowest BCUT2D eigenvalue weighted by Crippen LogP contribution is -2.40. The Hall–Kier alpha value is -1.49. The molecule has 2 heterocycles. The maximum Gasteiger partial charge on any atom is 0.410 e. The number of pyridine rings is 1. The van der Waals surface area contributed by atoms with Crippen LogP contribution in [0.5, 0.6) is 0 Å². The van der Waals surface area contributed by atoms with Gasteiger partial charge in [-0.3, -0.25) is 0 Å². The molecule has 0 bridgehead atoms. The maximum atomic E-state index is 12.0. The number of nitrogens with zero attached hydrogens (tertiary/aromatic N) is 2. The molecule has 0 aromatic carbocycles. The van der Waals surface area contributed by atoms with Crippen molar-refractivity contribution in [1.82, 2.24) is 4.90 Å². The summed E-state index contributed by atoms with van der Waals surface area (Å²) >= 11 is 4.50. The molecule has 1 amide bonds. The van der Waals surface area contributed by atoms with Crippen molar-refractivity contribution in [2.45, 2.75) is 30.7 Å². The van der Waals surface area contributed by atoms with Gasteiger partial charge in [0.25, 0.3) is 0 Å². The second kappa shape index (κ2) is 7.33. The average Bonchev–Trinajstić information content (AvgIpc) is 2.85. The Kier molecular flexibility index (Phi) is 5.47. The first-order valence-corrected chi connectivity index (χ1v) is 7.39. The molecule has 0 radical (unpaired) electrons. The topological polar surface area (TPSA) is 33.4 Å². The predicted molar refractivity (Wildman–Crippen MR) is 80.7 cm³/mol. The van der Waals surface area contributed by atoms with Gasteiger partial charge in [-0.05, 0) is 6.42 Å². The van der Waals surface area contributed by atoms with E-state index in [1.165, 1.54) is 0 Å². The van der Waals surface area contributed by atoms with Crippen molar-refractivity contribution in [2.24, 2.45) is 0 Å². The lowest BCUT2D eigenvalue weighted by Gasteiger charge is -2.22. The van der Waals surface area contributed by atoms with Crippen molar-refractivity contribution in [3.63, 3.8) is 0 Å². The first kappa shape index (κ1) is 14.9. The third kappa shape index (κ3) is 4.00. The molecule has 0 aliphatic carbocycles. The average molecular weight is 293 g/mol. The molecule has 2 rings (SSSR count). The minimum absolute atomic E-state index is 0.197. The smallest absolute Gasteiger partial charge is 0.410 e. The largest absolute Gasteiger partial charge is 0.445 e. The minimum Gasteiger partial charge on any atom is -0.445 e. The standard InChI is InChI=1S/C15H20N2O2S/c1-2-10-19-15(18)17-12-14(20)11-13(17)6-9-16-7-4-3-5-8-16/h2-5,7-8,13-14H,1,6,9-12H2/p+1/t13-,14+/m1/s1. The summed E-state index contributed by atoms with van der Waals surface area (Å²) in [6.45, 7) is 5.35. The van der Waals surface area contributed by atoms with Gasteiger partial charge in [0.1, 0.15) is 13.2 Å². The number of carbonyl (C=O) groups is 1. The van der Waals surface area contributed by atoms with Crippen LogP contribution in [-0.2, 0) is 11.3 Å². The van der Waals surface area contributed by atoms with Crippen molar-refractivity contribution >= 4 is 18.7 Å². The van der Waals surface area contributed by atoms with Gasteiger partial charge in [-0.2, -0.15) is 12.6 Å². The summed E-state index contributed by atoms with van der Waals surface area (Å²) in [5.41, 5.74) is 0. The SMILES string of the molecule is C=CCOC(=O)N1C[C@@H](S)C[C@H]1CC[n+]1ccccc1. The van der Waals surface area contributed by atoms with Crippen LogP contribution >= 0.6 is 12.6 Å². The summed E-state index contributed by atoms with van der Waals surface area (Å²) in [5.74, 6) is 0. The third-order valence-corrected chi connectivity index (χ3v) is 3.82. The molecule has 5 heteroatoms. The fourth-order valence-corrected chi connectivity index (χ4v) is 2.90. The highest BCUT2D eigenvalue weighted by molar-refractivity contribution is 7.81. The van der Waals surface area contributed by atoms with Gasteiger partial charge in [-0.25, -0.2) is 9.36 Å². The van der Waals surface area contributed by atoms with Crippen LogP contribution in [0.1, 0.15) is 12.8 Å². The Morgan fingerprint density at radius 3 is 2.90 bits per heavy atom. The molecule has 1 aliphatic heterocycles. The summed E-state index contributed by atoms with van der Waals surface area (Å²) < 4.78 is 7.26. The van der Waals surface area contributed by atoms with Crippen LogP contribution in [0.4, 0.5) is 4.79 Å². The highest BCUT2D eigenvalue weighted by Crippen LogP contribution is 2.24. The fraction of sp³-hybridized carbons (Fsp3) is 0.467. The first-order valence-electron chi connectivity index (χ1n) is 6.87. The first-order chi connectivity index (χ1) is 9.70. The predicted octanol–water partition coefficient (Wildman–Crippen LogP) is 2.06. The minimum atomic E-state index is -0.260. The van der Waals surface area contributed by atoms with Crippen molar-refractivity contribution in [2.75, 3.05) is 13.2 Å². The molecule has 0 N–H and O–H groups in total. The van der Waals surface area contributed by atoms with E-state index in [0.717, 1.165) is 19.4 Å². The lowest BCUT2D eigenvalue weighted by atomic mass is 10.1. The van der Waals surface area contributed by atoms with Crippen molar-refractivity contribution in [3.05, 3.63) is 43.2 Å². The van der Waals surface area contributed by atoms with Crippen molar-refractivity contribution in [3.8, 4) is 0 Å². The molecule has 1 aliphatic rings. The molecule has 20 heavy (non-hydrogen) atoms. The Bertz CT molecular complexity index is 452. The normalized spacial score (nSPS) is 21.8. The van der Waals surface area contributed by atoms with Gasteiger partial charge < -0.3 is 9.64 Å². The summed E-state index contributed by atoms with van der Waals surface area (Å²) in [4.78, 5) is 13.8. The Balaban J connectivity index is 1.91. The number of ether oxygens (including phenoxy) is 1. The van der Waals surface area contributed by atoms with Crippen LogP contribution in [0, 0.1) is 0 Å². The van der Waals surface area contributed by atoms with E-state index in [-0.39, 0.29) is 24.0 Å². The van der Waals surface area contributed by atoms with Gasteiger partial charge >= 0.3 is 6.09 Å². The third-order valence-electron chi connectivity index (χ3n) is 3.45. The summed E-state index contributed by atoms with van der Waals surface area (Å²) in [5, 5.41) is 0.233. The highest BCUT2D eigenvalue weighted by atomic mass is 32.1. The van der Waals surface area contributed by atoms with E-state index in [0.29, 0.717) is 6.54 Å². The summed E-state index contributed by atoms with van der Waals surface area (Å²) in [7, 11) is 0. The number of carbonyl (C=O) groups excluding carboxylic acids is 1. The van der Waals surface area contributed by atoms with E-state index in [4.69, 9.17) is 4.74 Å². The van der Waals surface area contributed by atoms with Gasteiger partial charge in [0.2, 0.25) is 0 Å². The molecule has 1 fully saturated rings. The summed E-state index contributed by atoms with van der Waals surface area (Å²) in [6, 6.07) is 6.20. The van der Waals surface area contributed by atoms with Crippen LogP contribution < -0.4 is 4.57 Å². The second-order valence-corrected chi connectivity index (χ2v) is 5.69. The second-order valence-electron chi connectivity index (χ2n) is 4.96. The van der Waals surface area contributed by atoms with Crippen molar-refractivity contribution in [1.29, 1.82) is 0 Å². The van der Waals surface area contributed by atoms with Crippen LogP contribution in [-0.4, -0.2) is 35.4 Å². The number of rotatable bonds is 5. The van der Waals surface area contributed by atoms with E-state index in [1.807, 2.05) is 30.6 Å². The van der Waals surface area contributed by atoms with Gasteiger partial charge in [0.15, 0.2) is 12.4 Å². The highest BCUT2D eigenvalue weighted by Gasteiger charge is 2.34. The lowest BCUT2D eigenvalue weighted by molar-refractivity contribution is -0.697. The number of aryl methyl sites for hydroxylation is 1. The van der Waals surface area contributed by atoms with Crippen molar-refractivity contribution < 1.29 is 14.1 Å². The fourth-order valence-electron chi connectivity index (χ4n) is 2.48.